The maximum atomic E-state index is 12.2. The first-order chi connectivity index (χ1) is 13.6. The van der Waals surface area contributed by atoms with Gasteiger partial charge in [-0.25, -0.2) is 0 Å². The van der Waals surface area contributed by atoms with Crippen molar-refractivity contribution in [2.75, 3.05) is 13.7 Å². The van der Waals surface area contributed by atoms with E-state index in [0.717, 1.165) is 12.3 Å². The second-order valence-corrected chi connectivity index (χ2v) is 11.3. The molecule has 1 spiro atoms. The van der Waals surface area contributed by atoms with Gasteiger partial charge < -0.3 is 9.47 Å². The van der Waals surface area contributed by atoms with Crippen molar-refractivity contribution in [1.82, 2.24) is 0 Å². The molecule has 6 atom stereocenters. The number of fused-ring (bicyclic) bond motifs is 3. The zero-order chi connectivity index (χ0) is 20.9. The van der Waals surface area contributed by atoms with Crippen molar-refractivity contribution >= 4 is 11.9 Å². The minimum absolute atomic E-state index is 0.0403. The van der Waals surface area contributed by atoms with E-state index in [1.807, 2.05) is 0 Å². The molecule has 2 bridgehead atoms. The van der Waals surface area contributed by atoms with Crippen molar-refractivity contribution in [1.29, 1.82) is 0 Å². The Balaban J connectivity index is 1.47. The number of hydrogen-bond acceptors (Lipinski definition) is 4. The molecule has 3 unspecified atom stereocenters. The molecule has 4 aliphatic rings. The molecule has 4 aliphatic carbocycles. The van der Waals surface area contributed by atoms with Crippen molar-refractivity contribution in [3.63, 3.8) is 0 Å². The molecular formula is C25H38O4. The fraction of sp³-hybridized carbons (Fsp3) is 0.840. The lowest BCUT2D eigenvalue weighted by atomic mass is 9.40. The summed E-state index contributed by atoms with van der Waals surface area (Å²) < 4.78 is 10.4. The highest BCUT2D eigenvalue weighted by Gasteiger charge is 2.63. The summed E-state index contributed by atoms with van der Waals surface area (Å²) in [5.41, 5.74) is 1.21. The molecule has 0 amide bonds. The molecule has 0 saturated heterocycles. The van der Waals surface area contributed by atoms with Crippen LogP contribution in [-0.4, -0.2) is 25.7 Å². The fourth-order valence-electron chi connectivity index (χ4n) is 8.06. The lowest BCUT2D eigenvalue weighted by Gasteiger charge is -2.64. The molecule has 0 heterocycles. The van der Waals surface area contributed by atoms with Crippen LogP contribution in [0, 0.1) is 33.5 Å². The van der Waals surface area contributed by atoms with Crippen LogP contribution in [-0.2, 0) is 19.1 Å². The first-order valence-electron chi connectivity index (χ1n) is 11.6. The predicted octanol–water partition coefficient (Wildman–Crippen LogP) is 5.45. The molecule has 0 aromatic heterocycles. The molecule has 4 heteroatoms. The second kappa shape index (κ2) is 7.13. The monoisotopic (exact) mass is 402 g/mol. The van der Waals surface area contributed by atoms with Crippen molar-refractivity contribution < 1.29 is 19.1 Å². The quantitative estimate of drug-likeness (QED) is 0.453. The number of carbonyl (C=O) groups excluding carboxylic acids is 2. The summed E-state index contributed by atoms with van der Waals surface area (Å²) in [7, 11) is 1.35. The van der Waals surface area contributed by atoms with Gasteiger partial charge in [0.15, 0.2) is 0 Å². The molecule has 4 nitrogen and oxygen atoms in total. The van der Waals surface area contributed by atoms with E-state index in [2.05, 4.69) is 37.7 Å². The van der Waals surface area contributed by atoms with E-state index in [1.54, 1.807) is 0 Å². The van der Waals surface area contributed by atoms with Gasteiger partial charge in [-0.2, -0.15) is 0 Å². The molecule has 0 aliphatic heterocycles. The molecule has 29 heavy (non-hydrogen) atoms. The largest absolute Gasteiger partial charge is 0.469 e. The minimum Gasteiger partial charge on any atom is -0.469 e. The van der Waals surface area contributed by atoms with E-state index < -0.39 is 0 Å². The van der Waals surface area contributed by atoms with E-state index in [9.17, 15) is 9.59 Å². The molecule has 3 saturated carbocycles. The highest BCUT2D eigenvalue weighted by Crippen LogP contribution is 2.71. The van der Waals surface area contributed by atoms with Gasteiger partial charge in [-0.3, -0.25) is 9.59 Å². The van der Waals surface area contributed by atoms with Crippen LogP contribution < -0.4 is 0 Å². The summed E-state index contributed by atoms with van der Waals surface area (Å²) in [5, 5.41) is 0. The van der Waals surface area contributed by atoms with Crippen LogP contribution in [0.3, 0.4) is 0 Å². The summed E-state index contributed by atoms with van der Waals surface area (Å²) in [5.74, 6) is 0.731. The molecule has 0 aromatic carbocycles. The van der Waals surface area contributed by atoms with Gasteiger partial charge in [0.1, 0.15) is 0 Å². The summed E-state index contributed by atoms with van der Waals surface area (Å²) in [6, 6.07) is 0. The van der Waals surface area contributed by atoms with Crippen LogP contribution in [0.4, 0.5) is 0 Å². The molecule has 3 fully saturated rings. The van der Waals surface area contributed by atoms with Crippen molar-refractivity contribution in [3.8, 4) is 0 Å². The average Bonchev–Trinajstić information content (AvgIpc) is 2.93. The Morgan fingerprint density at radius 3 is 2.41 bits per heavy atom. The highest BCUT2D eigenvalue weighted by molar-refractivity contribution is 5.77. The maximum absolute atomic E-state index is 12.2. The van der Waals surface area contributed by atoms with Gasteiger partial charge >= 0.3 is 11.9 Å². The van der Waals surface area contributed by atoms with Crippen LogP contribution in [0.5, 0.6) is 0 Å². The molecule has 162 valence electrons. The smallest absolute Gasteiger partial charge is 0.306 e. The molecular weight excluding hydrogens is 364 g/mol. The SMILES string of the molecule is COC(=O)CCC(=O)OC[C@]1(C)CCC[C@@]2(C)C3CC[C@]4(C)C=CC3(CCC12)C4. The normalized spacial score (nSPS) is 45.2. The van der Waals surface area contributed by atoms with Gasteiger partial charge in [0.05, 0.1) is 26.6 Å². The van der Waals surface area contributed by atoms with Gasteiger partial charge in [-0.15, -0.1) is 0 Å². The first kappa shape index (κ1) is 20.9. The van der Waals surface area contributed by atoms with E-state index in [1.165, 1.54) is 52.1 Å². The summed E-state index contributed by atoms with van der Waals surface area (Å²) in [6.45, 7) is 7.83. The number of methoxy groups -OCH3 is 1. The Bertz CT molecular complexity index is 714. The highest BCUT2D eigenvalue weighted by atomic mass is 16.5. The van der Waals surface area contributed by atoms with Gasteiger partial charge in [0.25, 0.3) is 0 Å². The second-order valence-electron chi connectivity index (χ2n) is 11.3. The fourth-order valence-corrected chi connectivity index (χ4v) is 8.06. The summed E-state index contributed by atoms with van der Waals surface area (Å²) >= 11 is 0. The zero-order valence-electron chi connectivity index (χ0n) is 18.7. The van der Waals surface area contributed by atoms with Crippen LogP contribution in [0.25, 0.3) is 0 Å². The predicted molar refractivity (Wildman–Crippen MR) is 112 cm³/mol. The minimum atomic E-state index is -0.357. The van der Waals surface area contributed by atoms with E-state index in [-0.39, 0.29) is 30.2 Å². The Labute approximate surface area is 175 Å². The van der Waals surface area contributed by atoms with Crippen LogP contribution in [0.1, 0.15) is 85.0 Å². The first-order valence-corrected chi connectivity index (χ1v) is 11.6. The van der Waals surface area contributed by atoms with E-state index in [0.29, 0.717) is 28.8 Å². The third kappa shape index (κ3) is 3.45. The van der Waals surface area contributed by atoms with Gasteiger partial charge in [0, 0.05) is 5.41 Å². The van der Waals surface area contributed by atoms with E-state index in [4.69, 9.17) is 4.74 Å². The maximum Gasteiger partial charge on any atom is 0.306 e. The third-order valence-corrected chi connectivity index (χ3v) is 9.37. The summed E-state index contributed by atoms with van der Waals surface area (Å²) in [4.78, 5) is 23.5. The Morgan fingerprint density at radius 2 is 1.66 bits per heavy atom. The Kier molecular flexibility index (Phi) is 5.15. The molecule has 0 aromatic rings. The number of rotatable bonds is 5. The van der Waals surface area contributed by atoms with Crippen LogP contribution >= 0.6 is 0 Å². The van der Waals surface area contributed by atoms with Crippen LogP contribution in [0.2, 0.25) is 0 Å². The number of hydrogen-bond donors (Lipinski definition) is 0. The van der Waals surface area contributed by atoms with Crippen molar-refractivity contribution in [2.45, 2.75) is 85.0 Å². The number of esters is 2. The lowest BCUT2D eigenvalue weighted by Crippen LogP contribution is -2.58. The van der Waals surface area contributed by atoms with Gasteiger partial charge in [0.2, 0.25) is 0 Å². The third-order valence-electron chi connectivity index (χ3n) is 9.37. The number of carbonyl (C=O) groups is 2. The van der Waals surface area contributed by atoms with E-state index >= 15 is 0 Å². The average molecular weight is 403 g/mol. The van der Waals surface area contributed by atoms with Crippen molar-refractivity contribution in [2.24, 2.45) is 33.5 Å². The van der Waals surface area contributed by atoms with Gasteiger partial charge in [-0.1, -0.05) is 39.3 Å². The standard InChI is InChI=1S/C25H38O4/c1-22-12-8-19-24(3)11-5-10-23(2,17-29-21(27)7-6-20(26)28-4)18(24)9-13-25(19,16-22)15-14-22/h14-15,18-19H,5-13,16-17H2,1-4H3/t18?,19?,22-,23+,24-,25?/m1/s1. The number of ether oxygens (including phenoxy) is 2. The molecule has 4 rings (SSSR count). The van der Waals surface area contributed by atoms with Crippen LogP contribution in [0.15, 0.2) is 12.2 Å². The van der Waals surface area contributed by atoms with Gasteiger partial charge in [-0.05, 0) is 73.0 Å². The summed E-state index contributed by atoms with van der Waals surface area (Å²) in [6.07, 6.45) is 15.5. The topological polar surface area (TPSA) is 52.6 Å². The molecule has 0 N–H and O–H groups in total. The Morgan fingerprint density at radius 1 is 0.931 bits per heavy atom. The van der Waals surface area contributed by atoms with Crippen molar-refractivity contribution in [3.05, 3.63) is 12.2 Å². The molecule has 0 radical (unpaired) electrons. The zero-order valence-corrected chi connectivity index (χ0v) is 18.7. The lowest BCUT2D eigenvalue weighted by molar-refractivity contribution is -0.172. The Hall–Kier alpha value is -1.32. The number of allylic oxidation sites excluding steroid dienone is 2.